The molecule has 1 aliphatic heterocycles. The van der Waals surface area contributed by atoms with Gasteiger partial charge in [0.05, 0.1) is 0 Å². The Bertz CT molecular complexity index is 447. The number of likely N-dealkylation sites (tertiary alicyclic amines) is 1. The highest BCUT2D eigenvalue weighted by atomic mass is 35.5. The maximum atomic E-state index is 12.3. The highest BCUT2D eigenvalue weighted by Gasteiger charge is 2.26. The third-order valence-corrected chi connectivity index (χ3v) is 4.13. The third-order valence-electron chi connectivity index (χ3n) is 3.51. The lowest BCUT2D eigenvalue weighted by Gasteiger charge is -2.16. The molecule has 1 unspecified atom stereocenters. The number of hydrogen-bond donors (Lipinski definition) is 0. The average molecular weight is 286 g/mol. The SMILES string of the molecule is Cc1ccc(C(=O)N2CCC(CCCl)C2)cc1Cl. The number of carbonyl (C=O) groups excluding carboxylic acids is 1. The summed E-state index contributed by atoms with van der Waals surface area (Å²) in [7, 11) is 0. The number of aryl methyl sites for hydroxylation is 1. The number of amides is 1. The fourth-order valence-electron chi connectivity index (χ4n) is 2.32. The molecule has 0 aliphatic carbocycles. The molecule has 1 aromatic carbocycles. The lowest BCUT2D eigenvalue weighted by Crippen LogP contribution is -2.28. The number of halogens is 2. The predicted molar refractivity (Wildman–Crippen MR) is 75.5 cm³/mol. The van der Waals surface area contributed by atoms with Gasteiger partial charge >= 0.3 is 0 Å². The minimum absolute atomic E-state index is 0.0778. The van der Waals surface area contributed by atoms with Crippen molar-refractivity contribution in [3.8, 4) is 0 Å². The Morgan fingerprint density at radius 1 is 1.50 bits per heavy atom. The Labute approximate surface area is 118 Å². The van der Waals surface area contributed by atoms with Crippen molar-refractivity contribution in [2.24, 2.45) is 5.92 Å². The van der Waals surface area contributed by atoms with Gasteiger partial charge in [-0.15, -0.1) is 11.6 Å². The van der Waals surface area contributed by atoms with Crippen LogP contribution >= 0.6 is 23.2 Å². The second-order valence-electron chi connectivity index (χ2n) is 4.85. The molecular formula is C14H17Cl2NO. The maximum Gasteiger partial charge on any atom is 0.253 e. The van der Waals surface area contributed by atoms with E-state index in [1.54, 1.807) is 6.07 Å². The van der Waals surface area contributed by atoms with E-state index < -0.39 is 0 Å². The summed E-state index contributed by atoms with van der Waals surface area (Å²) in [5.74, 6) is 1.30. The molecule has 0 saturated carbocycles. The lowest BCUT2D eigenvalue weighted by atomic mass is 10.1. The van der Waals surface area contributed by atoms with Crippen LogP contribution in [-0.4, -0.2) is 29.8 Å². The van der Waals surface area contributed by atoms with Crippen LogP contribution in [-0.2, 0) is 0 Å². The second-order valence-corrected chi connectivity index (χ2v) is 5.63. The molecule has 1 aromatic rings. The van der Waals surface area contributed by atoms with Crippen molar-refractivity contribution in [2.75, 3.05) is 19.0 Å². The van der Waals surface area contributed by atoms with Crippen molar-refractivity contribution >= 4 is 29.1 Å². The van der Waals surface area contributed by atoms with Gasteiger partial charge in [0.15, 0.2) is 0 Å². The summed E-state index contributed by atoms with van der Waals surface area (Å²) < 4.78 is 0. The Morgan fingerprint density at radius 2 is 2.28 bits per heavy atom. The smallest absolute Gasteiger partial charge is 0.253 e. The molecule has 0 bridgehead atoms. The van der Waals surface area contributed by atoms with Crippen LogP contribution in [0.15, 0.2) is 18.2 Å². The van der Waals surface area contributed by atoms with Crippen LogP contribution in [0.1, 0.15) is 28.8 Å². The molecule has 1 heterocycles. The fourth-order valence-corrected chi connectivity index (χ4v) is 2.80. The number of carbonyl (C=O) groups is 1. The van der Waals surface area contributed by atoms with Crippen molar-refractivity contribution in [3.05, 3.63) is 34.3 Å². The van der Waals surface area contributed by atoms with Gasteiger partial charge in [0.1, 0.15) is 0 Å². The number of alkyl halides is 1. The maximum absolute atomic E-state index is 12.3. The first kappa shape index (κ1) is 13.7. The fraction of sp³-hybridized carbons (Fsp3) is 0.500. The van der Waals surface area contributed by atoms with Crippen molar-refractivity contribution in [1.82, 2.24) is 4.90 Å². The number of nitrogens with zero attached hydrogens (tertiary/aromatic N) is 1. The predicted octanol–water partition coefficient (Wildman–Crippen LogP) is 3.74. The van der Waals surface area contributed by atoms with Gasteiger partial charge < -0.3 is 4.90 Å². The minimum Gasteiger partial charge on any atom is -0.338 e. The van der Waals surface area contributed by atoms with Crippen molar-refractivity contribution < 1.29 is 4.79 Å². The van der Waals surface area contributed by atoms with Gasteiger partial charge in [0, 0.05) is 29.6 Å². The van der Waals surface area contributed by atoms with E-state index >= 15 is 0 Å². The molecule has 0 radical (unpaired) electrons. The molecule has 2 nitrogen and oxygen atoms in total. The van der Waals surface area contributed by atoms with Gasteiger partial charge in [0.25, 0.3) is 5.91 Å². The Morgan fingerprint density at radius 3 is 2.94 bits per heavy atom. The standard InChI is InChI=1S/C14H17Cl2NO/c1-10-2-3-12(8-13(10)16)14(18)17-7-5-11(9-17)4-6-15/h2-3,8,11H,4-7,9H2,1H3. The molecule has 4 heteroatoms. The third kappa shape index (κ3) is 2.99. The normalized spacial score (nSPS) is 19.3. The van der Waals surface area contributed by atoms with Crippen molar-refractivity contribution in [3.63, 3.8) is 0 Å². The lowest BCUT2D eigenvalue weighted by molar-refractivity contribution is 0.0787. The molecular weight excluding hydrogens is 269 g/mol. The highest BCUT2D eigenvalue weighted by Crippen LogP contribution is 2.23. The summed E-state index contributed by atoms with van der Waals surface area (Å²) in [6.45, 7) is 3.58. The zero-order valence-electron chi connectivity index (χ0n) is 10.5. The average Bonchev–Trinajstić information content (AvgIpc) is 2.81. The van der Waals surface area contributed by atoms with Crippen LogP contribution in [0.25, 0.3) is 0 Å². The number of benzene rings is 1. The Balaban J connectivity index is 2.05. The quantitative estimate of drug-likeness (QED) is 0.775. The van der Waals surface area contributed by atoms with E-state index in [-0.39, 0.29) is 5.91 Å². The summed E-state index contributed by atoms with van der Waals surface area (Å²) in [6, 6.07) is 5.49. The van der Waals surface area contributed by atoms with Crippen LogP contribution in [0.2, 0.25) is 5.02 Å². The monoisotopic (exact) mass is 285 g/mol. The molecule has 1 amide bonds. The van der Waals surface area contributed by atoms with Gasteiger partial charge in [0.2, 0.25) is 0 Å². The summed E-state index contributed by atoms with van der Waals surface area (Å²) >= 11 is 11.8. The van der Waals surface area contributed by atoms with Crippen LogP contribution in [0.3, 0.4) is 0 Å². The minimum atomic E-state index is 0.0778. The van der Waals surface area contributed by atoms with E-state index in [0.29, 0.717) is 22.4 Å². The Kier molecular flexibility index (Phi) is 4.52. The van der Waals surface area contributed by atoms with Gasteiger partial charge in [-0.05, 0) is 43.4 Å². The first-order valence-electron chi connectivity index (χ1n) is 6.23. The highest BCUT2D eigenvalue weighted by molar-refractivity contribution is 6.31. The van der Waals surface area contributed by atoms with Gasteiger partial charge in [-0.3, -0.25) is 4.79 Å². The van der Waals surface area contributed by atoms with Gasteiger partial charge in [-0.25, -0.2) is 0 Å². The van der Waals surface area contributed by atoms with Gasteiger partial charge in [-0.2, -0.15) is 0 Å². The first-order chi connectivity index (χ1) is 8.61. The first-order valence-corrected chi connectivity index (χ1v) is 7.14. The molecule has 1 aliphatic rings. The van der Waals surface area contributed by atoms with Crippen LogP contribution in [0.4, 0.5) is 0 Å². The zero-order valence-corrected chi connectivity index (χ0v) is 12.0. The van der Waals surface area contributed by atoms with Crippen molar-refractivity contribution in [1.29, 1.82) is 0 Å². The van der Waals surface area contributed by atoms with Crippen molar-refractivity contribution in [2.45, 2.75) is 19.8 Å². The van der Waals surface area contributed by atoms with Crippen LogP contribution < -0.4 is 0 Å². The summed E-state index contributed by atoms with van der Waals surface area (Å²) in [6.07, 6.45) is 2.04. The topological polar surface area (TPSA) is 20.3 Å². The van der Waals surface area contributed by atoms with Gasteiger partial charge in [-0.1, -0.05) is 17.7 Å². The molecule has 0 spiro atoms. The molecule has 0 N–H and O–H groups in total. The molecule has 1 fully saturated rings. The largest absolute Gasteiger partial charge is 0.338 e. The van der Waals surface area contributed by atoms with E-state index in [4.69, 9.17) is 23.2 Å². The molecule has 98 valence electrons. The molecule has 0 aromatic heterocycles. The molecule has 1 saturated heterocycles. The Hall–Kier alpha value is -0.730. The zero-order chi connectivity index (χ0) is 13.1. The number of rotatable bonds is 3. The summed E-state index contributed by atoms with van der Waals surface area (Å²) in [4.78, 5) is 14.2. The second kappa shape index (κ2) is 5.94. The van der Waals surface area contributed by atoms with E-state index in [1.165, 1.54) is 0 Å². The van der Waals surface area contributed by atoms with E-state index in [9.17, 15) is 4.79 Å². The van der Waals surface area contributed by atoms with Crippen LogP contribution in [0, 0.1) is 12.8 Å². The molecule has 1 atom stereocenters. The number of hydrogen-bond acceptors (Lipinski definition) is 1. The molecule has 2 rings (SSSR count). The van der Waals surface area contributed by atoms with E-state index in [1.807, 2.05) is 24.0 Å². The van der Waals surface area contributed by atoms with E-state index in [2.05, 4.69) is 0 Å². The summed E-state index contributed by atoms with van der Waals surface area (Å²) in [5.41, 5.74) is 1.67. The van der Waals surface area contributed by atoms with Crippen LogP contribution in [0.5, 0.6) is 0 Å². The summed E-state index contributed by atoms with van der Waals surface area (Å²) in [5, 5.41) is 0.650. The van der Waals surface area contributed by atoms with E-state index in [0.717, 1.165) is 31.5 Å². The molecule has 18 heavy (non-hydrogen) atoms.